The predicted molar refractivity (Wildman–Crippen MR) is 76.6 cm³/mol. The van der Waals surface area contributed by atoms with Crippen molar-refractivity contribution in [2.24, 2.45) is 17.2 Å². The molecule has 1 heterocycles. The third-order valence-corrected chi connectivity index (χ3v) is 5.27. The molecule has 1 aliphatic heterocycles. The van der Waals surface area contributed by atoms with E-state index in [0.29, 0.717) is 11.3 Å². The summed E-state index contributed by atoms with van der Waals surface area (Å²) < 4.78 is 11.6. The molecule has 0 amide bonds. The Morgan fingerprint density at radius 2 is 1.95 bits per heavy atom. The van der Waals surface area contributed by atoms with Crippen molar-refractivity contribution in [2.75, 3.05) is 20.3 Å². The van der Waals surface area contributed by atoms with E-state index in [1.54, 1.807) is 0 Å². The highest BCUT2D eigenvalue weighted by atomic mass is 16.5. The fourth-order valence-electron chi connectivity index (χ4n) is 3.74. The van der Waals surface area contributed by atoms with Crippen LogP contribution in [0, 0.1) is 11.3 Å². The monoisotopic (exact) mass is 270 g/mol. The van der Waals surface area contributed by atoms with Gasteiger partial charge in [0.15, 0.2) is 0 Å². The van der Waals surface area contributed by atoms with Crippen LogP contribution >= 0.6 is 0 Å². The van der Waals surface area contributed by atoms with Gasteiger partial charge in [0, 0.05) is 19.6 Å². The number of nitrogens with two attached hydrogens (primary N) is 1. The van der Waals surface area contributed by atoms with Gasteiger partial charge in [-0.3, -0.25) is 11.3 Å². The van der Waals surface area contributed by atoms with Gasteiger partial charge in [-0.15, -0.1) is 0 Å². The van der Waals surface area contributed by atoms with Gasteiger partial charge in [-0.2, -0.15) is 0 Å². The lowest BCUT2D eigenvalue weighted by Gasteiger charge is -2.49. The molecule has 0 radical (unpaired) electrons. The molecular weight excluding hydrogens is 240 g/mol. The van der Waals surface area contributed by atoms with E-state index in [9.17, 15) is 0 Å². The molecule has 4 heteroatoms. The molecule has 2 atom stereocenters. The Morgan fingerprint density at radius 1 is 1.26 bits per heavy atom. The zero-order chi connectivity index (χ0) is 13.9. The largest absolute Gasteiger partial charge is 0.381 e. The first-order chi connectivity index (χ1) is 9.03. The first-order valence-corrected chi connectivity index (χ1v) is 7.62. The molecule has 4 nitrogen and oxygen atoms in total. The standard InChI is InChI=1S/C15H30N2O2/c1-14(2)6-8-15(18-3,9-7-14)13(17-16)12-5-4-10-19-11-12/h12-13,17H,4-11,16H2,1-3H3. The van der Waals surface area contributed by atoms with Gasteiger partial charge < -0.3 is 9.47 Å². The molecule has 0 aromatic carbocycles. The van der Waals surface area contributed by atoms with Crippen LogP contribution in [0.5, 0.6) is 0 Å². The highest BCUT2D eigenvalue weighted by molar-refractivity contribution is 5.01. The second kappa shape index (κ2) is 6.08. The molecule has 2 fully saturated rings. The van der Waals surface area contributed by atoms with E-state index < -0.39 is 0 Å². The van der Waals surface area contributed by atoms with E-state index in [-0.39, 0.29) is 11.6 Å². The molecule has 1 saturated carbocycles. The summed E-state index contributed by atoms with van der Waals surface area (Å²) in [6.07, 6.45) is 6.89. The lowest BCUT2D eigenvalue weighted by atomic mass is 9.66. The maximum Gasteiger partial charge on any atom is 0.0848 e. The summed E-state index contributed by atoms with van der Waals surface area (Å²) in [5.41, 5.74) is 3.37. The Morgan fingerprint density at radius 3 is 2.42 bits per heavy atom. The topological polar surface area (TPSA) is 56.5 Å². The molecule has 0 spiro atoms. The van der Waals surface area contributed by atoms with E-state index >= 15 is 0 Å². The van der Waals surface area contributed by atoms with Gasteiger partial charge in [-0.05, 0) is 43.9 Å². The van der Waals surface area contributed by atoms with Crippen LogP contribution in [-0.2, 0) is 9.47 Å². The van der Waals surface area contributed by atoms with Crippen LogP contribution in [0.15, 0.2) is 0 Å². The van der Waals surface area contributed by atoms with E-state index in [2.05, 4.69) is 19.3 Å². The summed E-state index contributed by atoms with van der Waals surface area (Å²) in [7, 11) is 1.84. The molecule has 0 aromatic heterocycles. The molecular formula is C15H30N2O2. The van der Waals surface area contributed by atoms with Gasteiger partial charge in [0.2, 0.25) is 0 Å². The number of hydrogen-bond acceptors (Lipinski definition) is 4. The van der Waals surface area contributed by atoms with Crippen LogP contribution in [0.1, 0.15) is 52.4 Å². The molecule has 112 valence electrons. The molecule has 1 aliphatic carbocycles. The third-order valence-electron chi connectivity index (χ3n) is 5.27. The van der Waals surface area contributed by atoms with Crippen molar-refractivity contribution in [3.8, 4) is 0 Å². The van der Waals surface area contributed by atoms with E-state index in [1.807, 2.05) is 7.11 Å². The van der Waals surface area contributed by atoms with Crippen molar-refractivity contribution < 1.29 is 9.47 Å². The lowest BCUT2D eigenvalue weighted by molar-refractivity contribution is -0.112. The smallest absolute Gasteiger partial charge is 0.0848 e. The summed E-state index contributed by atoms with van der Waals surface area (Å²) in [6, 6.07) is 0.203. The van der Waals surface area contributed by atoms with Gasteiger partial charge >= 0.3 is 0 Å². The Balaban J connectivity index is 2.09. The number of methoxy groups -OCH3 is 1. The number of hydrogen-bond donors (Lipinski definition) is 2. The number of rotatable bonds is 4. The summed E-state index contributed by atoms with van der Waals surface area (Å²) in [4.78, 5) is 0. The fraction of sp³-hybridized carbons (Fsp3) is 1.00. The highest BCUT2D eigenvalue weighted by Gasteiger charge is 2.47. The van der Waals surface area contributed by atoms with E-state index in [4.69, 9.17) is 15.3 Å². The summed E-state index contributed by atoms with van der Waals surface area (Å²) in [5, 5.41) is 0. The first kappa shape index (κ1) is 15.2. The van der Waals surface area contributed by atoms with E-state index in [0.717, 1.165) is 32.5 Å². The average molecular weight is 270 g/mol. The summed E-state index contributed by atoms with van der Waals surface area (Å²) >= 11 is 0. The Bertz CT molecular complexity index is 278. The second-order valence-electron chi connectivity index (χ2n) is 7.05. The van der Waals surface area contributed by atoms with Crippen LogP contribution in [-0.4, -0.2) is 32.0 Å². The molecule has 0 bridgehead atoms. The summed E-state index contributed by atoms with van der Waals surface area (Å²) in [6.45, 7) is 6.40. The SMILES string of the molecule is COC1(C(NN)C2CCCOC2)CCC(C)(C)CC1. The van der Waals surface area contributed by atoms with Crippen molar-refractivity contribution in [3.63, 3.8) is 0 Å². The Hall–Kier alpha value is -0.160. The normalized spacial score (nSPS) is 31.9. The molecule has 2 aliphatic rings. The van der Waals surface area contributed by atoms with E-state index in [1.165, 1.54) is 19.3 Å². The van der Waals surface area contributed by atoms with Crippen molar-refractivity contribution in [3.05, 3.63) is 0 Å². The predicted octanol–water partition coefficient (Wildman–Crippen LogP) is 2.23. The van der Waals surface area contributed by atoms with Crippen molar-refractivity contribution in [2.45, 2.75) is 64.0 Å². The maximum absolute atomic E-state index is 5.98. The van der Waals surface area contributed by atoms with Gasteiger partial charge in [-0.1, -0.05) is 13.8 Å². The van der Waals surface area contributed by atoms with Crippen LogP contribution in [0.2, 0.25) is 0 Å². The quantitative estimate of drug-likeness (QED) is 0.607. The molecule has 19 heavy (non-hydrogen) atoms. The lowest BCUT2D eigenvalue weighted by Crippen LogP contribution is -2.61. The van der Waals surface area contributed by atoms with Crippen LogP contribution in [0.3, 0.4) is 0 Å². The van der Waals surface area contributed by atoms with Crippen LogP contribution in [0.25, 0.3) is 0 Å². The fourth-order valence-corrected chi connectivity index (χ4v) is 3.74. The number of nitrogens with one attached hydrogen (secondary N) is 1. The molecule has 3 N–H and O–H groups in total. The molecule has 2 unspecified atom stereocenters. The summed E-state index contributed by atoms with van der Waals surface area (Å²) in [5.74, 6) is 6.35. The Kier molecular flexibility index (Phi) is 4.88. The second-order valence-corrected chi connectivity index (χ2v) is 7.05. The molecule has 2 rings (SSSR count). The number of ether oxygens (including phenoxy) is 2. The average Bonchev–Trinajstić information content (AvgIpc) is 2.43. The first-order valence-electron chi connectivity index (χ1n) is 7.62. The molecule has 1 saturated heterocycles. The van der Waals surface area contributed by atoms with Gasteiger partial charge in [0.1, 0.15) is 0 Å². The number of hydrazine groups is 1. The minimum Gasteiger partial charge on any atom is -0.381 e. The molecule has 0 aromatic rings. The van der Waals surface area contributed by atoms with Gasteiger partial charge in [-0.25, -0.2) is 0 Å². The van der Waals surface area contributed by atoms with Gasteiger partial charge in [0.25, 0.3) is 0 Å². The van der Waals surface area contributed by atoms with Crippen molar-refractivity contribution in [1.29, 1.82) is 0 Å². The highest BCUT2D eigenvalue weighted by Crippen LogP contribution is 2.45. The van der Waals surface area contributed by atoms with Gasteiger partial charge in [0.05, 0.1) is 18.2 Å². The van der Waals surface area contributed by atoms with Crippen LogP contribution in [0.4, 0.5) is 0 Å². The third kappa shape index (κ3) is 3.30. The minimum absolute atomic E-state index is 0.115. The zero-order valence-electron chi connectivity index (χ0n) is 12.7. The van der Waals surface area contributed by atoms with Crippen LogP contribution < -0.4 is 11.3 Å². The Labute approximate surface area is 117 Å². The van der Waals surface area contributed by atoms with Crippen molar-refractivity contribution in [1.82, 2.24) is 5.43 Å². The van der Waals surface area contributed by atoms with Crippen molar-refractivity contribution >= 4 is 0 Å². The zero-order valence-corrected chi connectivity index (χ0v) is 12.7. The minimum atomic E-state index is -0.115. The maximum atomic E-state index is 5.98.